The molecule has 1 aromatic heterocycles. The summed E-state index contributed by atoms with van der Waals surface area (Å²) in [5.74, 6) is 0.0599. The number of nitrogens with zero attached hydrogens (tertiary/aromatic N) is 1. The second-order valence-electron chi connectivity index (χ2n) is 8.89. The van der Waals surface area contributed by atoms with Crippen LogP contribution in [0.15, 0.2) is 48.8 Å². The van der Waals surface area contributed by atoms with Gasteiger partial charge in [-0.15, -0.1) is 0 Å². The van der Waals surface area contributed by atoms with Gasteiger partial charge in [0.1, 0.15) is 0 Å². The zero-order chi connectivity index (χ0) is 20.9. The van der Waals surface area contributed by atoms with Gasteiger partial charge in [-0.2, -0.15) is 0 Å². The van der Waals surface area contributed by atoms with Crippen LogP contribution in [0.5, 0.6) is 0 Å². The van der Waals surface area contributed by atoms with Crippen LogP contribution in [0.1, 0.15) is 45.6 Å². The van der Waals surface area contributed by atoms with E-state index in [1.54, 1.807) is 19.3 Å². The molecule has 5 nitrogen and oxygen atoms in total. The second-order valence-corrected chi connectivity index (χ2v) is 8.89. The van der Waals surface area contributed by atoms with Gasteiger partial charge in [-0.05, 0) is 75.3 Å². The molecule has 1 fully saturated rings. The van der Waals surface area contributed by atoms with E-state index < -0.39 is 17.1 Å². The fourth-order valence-corrected chi connectivity index (χ4v) is 4.23. The lowest BCUT2D eigenvalue weighted by molar-refractivity contribution is -0.138. The number of pyridine rings is 1. The number of aromatic nitrogens is 1. The minimum absolute atomic E-state index is 0.0599. The van der Waals surface area contributed by atoms with Crippen LogP contribution >= 0.6 is 0 Å². The number of aliphatic hydroxyl groups is 1. The van der Waals surface area contributed by atoms with Gasteiger partial charge < -0.3 is 15.2 Å². The Labute approximate surface area is 173 Å². The lowest BCUT2D eigenvalue weighted by Crippen LogP contribution is -2.54. The summed E-state index contributed by atoms with van der Waals surface area (Å²) in [6.07, 6.45) is 5.73. The second kappa shape index (κ2) is 9.06. The lowest BCUT2D eigenvalue weighted by Gasteiger charge is -2.39. The minimum atomic E-state index is -0.480. The first-order chi connectivity index (χ1) is 13.8. The fourth-order valence-electron chi connectivity index (χ4n) is 4.23. The largest absolute Gasteiger partial charge is 0.393 e. The number of nitrogens with one attached hydrogen (secondary N) is 1. The first-order valence-electron chi connectivity index (χ1n) is 10.4. The molecule has 0 spiro atoms. The summed E-state index contributed by atoms with van der Waals surface area (Å²) in [4.78, 5) is 17.4. The summed E-state index contributed by atoms with van der Waals surface area (Å²) >= 11 is 0. The monoisotopic (exact) mass is 396 g/mol. The van der Waals surface area contributed by atoms with E-state index in [-0.39, 0.29) is 5.91 Å². The maximum absolute atomic E-state index is 13.4. The molecule has 0 radical (unpaired) electrons. The van der Waals surface area contributed by atoms with Gasteiger partial charge >= 0.3 is 0 Å². The minimum Gasteiger partial charge on any atom is -0.393 e. The van der Waals surface area contributed by atoms with Crippen LogP contribution < -0.4 is 5.32 Å². The number of amides is 1. The zero-order valence-electron chi connectivity index (χ0n) is 17.6. The molecule has 1 aliphatic rings. The van der Waals surface area contributed by atoms with Gasteiger partial charge in [0.05, 0.1) is 11.5 Å². The summed E-state index contributed by atoms with van der Waals surface area (Å²) < 4.78 is 5.56. The Bertz CT molecular complexity index is 795. The average Bonchev–Trinajstić information content (AvgIpc) is 2.68. The first kappa shape index (κ1) is 21.5. The number of hydrogen-bond donors (Lipinski definition) is 2. The molecule has 29 heavy (non-hydrogen) atoms. The molecule has 2 N–H and O–H groups in total. The van der Waals surface area contributed by atoms with Crippen molar-refractivity contribution in [2.24, 2.45) is 5.41 Å². The number of aliphatic hydroxyl groups excluding tert-OH is 1. The predicted octanol–water partition coefficient (Wildman–Crippen LogP) is 3.75. The standard InChI is InChI=1S/C24H32N2O3/c1-18(27)16-23(2,3)26-22(28)24(10-14-29-15-11-24)17-19-4-6-20(7-5-19)21-8-12-25-13-9-21/h4-9,12-13,18,27H,10-11,14-17H2,1-3H3,(H,26,28)/t18-/m0/s1. The van der Waals surface area contributed by atoms with Crippen molar-refractivity contribution in [3.63, 3.8) is 0 Å². The van der Waals surface area contributed by atoms with Crippen molar-refractivity contribution >= 4 is 5.91 Å². The van der Waals surface area contributed by atoms with Crippen LogP contribution in [0.4, 0.5) is 0 Å². The average molecular weight is 397 g/mol. The maximum atomic E-state index is 13.4. The molecule has 3 rings (SSSR count). The highest BCUT2D eigenvalue weighted by Crippen LogP contribution is 2.36. The van der Waals surface area contributed by atoms with Gasteiger partial charge in [0.2, 0.25) is 5.91 Å². The zero-order valence-corrected chi connectivity index (χ0v) is 17.6. The smallest absolute Gasteiger partial charge is 0.227 e. The molecule has 1 aliphatic heterocycles. The highest BCUT2D eigenvalue weighted by molar-refractivity contribution is 5.83. The van der Waals surface area contributed by atoms with E-state index in [1.165, 1.54) is 0 Å². The molecule has 1 saturated heterocycles. The molecule has 1 amide bonds. The van der Waals surface area contributed by atoms with Crippen LogP contribution in [0.25, 0.3) is 11.1 Å². The molecule has 2 aromatic rings. The molecular weight excluding hydrogens is 364 g/mol. The highest BCUT2D eigenvalue weighted by Gasteiger charge is 2.42. The topological polar surface area (TPSA) is 71.5 Å². The van der Waals surface area contributed by atoms with Crippen LogP contribution in [0.2, 0.25) is 0 Å². The Balaban J connectivity index is 1.77. The number of rotatable bonds is 7. The Morgan fingerprint density at radius 2 is 1.72 bits per heavy atom. The van der Waals surface area contributed by atoms with Crippen molar-refractivity contribution in [3.05, 3.63) is 54.4 Å². The molecule has 2 heterocycles. The molecule has 0 unspecified atom stereocenters. The van der Waals surface area contributed by atoms with Gasteiger partial charge in [-0.1, -0.05) is 24.3 Å². The van der Waals surface area contributed by atoms with Crippen molar-refractivity contribution in [1.29, 1.82) is 0 Å². The summed E-state index contributed by atoms with van der Waals surface area (Å²) in [6.45, 7) is 6.88. The SMILES string of the molecule is C[C@H](O)CC(C)(C)NC(=O)C1(Cc2ccc(-c3ccncc3)cc2)CCOCC1. The van der Waals surface area contributed by atoms with Gasteiger partial charge in [-0.3, -0.25) is 9.78 Å². The third-order valence-electron chi connectivity index (χ3n) is 5.70. The number of hydrogen-bond acceptors (Lipinski definition) is 4. The Hall–Kier alpha value is -2.24. The van der Waals surface area contributed by atoms with Crippen LogP contribution in [-0.4, -0.2) is 40.9 Å². The Morgan fingerprint density at radius 1 is 1.14 bits per heavy atom. The van der Waals surface area contributed by atoms with Crippen molar-refractivity contribution < 1.29 is 14.6 Å². The summed E-state index contributed by atoms with van der Waals surface area (Å²) in [6, 6.07) is 12.4. The van der Waals surface area contributed by atoms with Crippen molar-refractivity contribution in [2.75, 3.05) is 13.2 Å². The number of benzene rings is 1. The molecule has 156 valence electrons. The van der Waals surface area contributed by atoms with Crippen LogP contribution in [-0.2, 0) is 16.0 Å². The van der Waals surface area contributed by atoms with Gasteiger partial charge in [0.25, 0.3) is 0 Å². The maximum Gasteiger partial charge on any atom is 0.227 e. The van der Waals surface area contributed by atoms with E-state index in [9.17, 15) is 9.90 Å². The van der Waals surface area contributed by atoms with E-state index in [2.05, 4.69) is 34.6 Å². The third kappa shape index (κ3) is 5.64. The van der Waals surface area contributed by atoms with E-state index in [1.807, 2.05) is 26.0 Å². The number of carbonyl (C=O) groups excluding carboxylic acids is 1. The molecule has 1 aromatic carbocycles. The molecule has 0 bridgehead atoms. The third-order valence-corrected chi connectivity index (χ3v) is 5.70. The molecule has 5 heteroatoms. The normalized spacial score (nSPS) is 17.5. The number of carbonyl (C=O) groups is 1. The van der Waals surface area contributed by atoms with Crippen molar-refractivity contribution in [3.8, 4) is 11.1 Å². The molecule has 1 atom stereocenters. The summed E-state index contributed by atoms with van der Waals surface area (Å²) in [5.41, 5.74) is 2.48. The quantitative estimate of drug-likeness (QED) is 0.748. The summed E-state index contributed by atoms with van der Waals surface area (Å²) in [7, 11) is 0. The van der Waals surface area contributed by atoms with Crippen LogP contribution in [0.3, 0.4) is 0 Å². The Kier molecular flexibility index (Phi) is 6.70. The molecular formula is C24H32N2O3. The van der Waals surface area contributed by atoms with Gasteiger partial charge in [0.15, 0.2) is 0 Å². The summed E-state index contributed by atoms with van der Waals surface area (Å²) in [5, 5.41) is 12.9. The van der Waals surface area contributed by atoms with Crippen molar-refractivity contribution in [1.82, 2.24) is 10.3 Å². The highest BCUT2D eigenvalue weighted by atomic mass is 16.5. The molecule has 0 aliphatic carbocycles. The lowest BCUT2D eigenvalue weighted by atomic mass is 9.73. The Morgan fingerprint density at radius 3 is 2.31 bits per heavy atom. The van der Waals surface area contributed by atoms with Gasteiger partial charge in [0, 0.05) is 31.1 Å². The van der Waals surface area contributed by atoms with Gasteiger partial charge in [-0.25, -0.2) is 0 Å². The first-order valence-corrected chi connectivity index (χ1v) is 10.4. The van der Waals surface area contributed by atoms with E-state index >= 15 is 0 Å². The number of ether oxygens (including phenoxy) is 1. The van der Waals surface area contributed by atoms with Crippen LogP contribution in [0, 0.1) is 5.41 Å². The van der Waals surface area contributed by atoms with E-state index in [0.29, 0.717) is 38.9 Å². The van der Waals surface area contributed by atoms with Crippen molar-refractivity contribution in [2.45, 2.75) is 58.1 Å². The van der Waals surface area contributed by atoms with E-state index in [0.717, 1.165) is 16.7 Å². The fraction of sp³-hybridized carbons (Fsp3) is 0.500. The predicted molar refractivity (Wildman–Crippen MR) is 114 cm³/mol. The molecule has 0 saturated carbocycles. The van der Waals surface area contributed by atoms with E-state index in [4.69, 9.17) is 4.74 Å².